The number of aryl methyl sites for hydroxylation is 1. The maximum Gasteiger partial charge on any atom is 0.251 e. The average molecular weight is 367 g/mol. The lowest BCUT2D eigenvalue weighted by atomic mass is 10.1. The highest BCUT2D eigenvalue weighted by molar-refractivity contribution is 7.89. The Balaban J connectivity index is 2.02. The van der Waals surface area contributed by atoms with E-state index < -0.39 is 10.0 Å². The third-order valence-electron chi connectivity index (χ3n) is 4.32. The minimum atomic E-state index is -3.60. The summed E-state index contributed by atoms with van der Waals surface area (Å²) in [5.74, 6) is -0.332. The summed E-state index contributed by atoms with van der Waals surface area (Å²) in [5.41, 5.74) is 0.984. The van der Waals surface area contributed by atoms with Crippen LogP contribution in [-0.4, -0.2) is 63.2 Å². The van der Waals surface area contributed by atoms with Gasteiger partial charge in [0.25, 0.3) is 5.91 Å². The molecule has 25 heavy (non-hydrogen) atoms. The number of hydrogen-bond donors (Lipinski definition) is 1. The number of benzene rings is 1. The molecule has 0 radical (unpaired) electrons. The quantitative estimate of drug-likeness (QED) is 0.812. The van der Waals surface area contributed by atoms with Crippen LogP contribution in [0.4, 0.5) is 0 Å². The maximum atomic E-state index is 12.4. The number of sulfonamides is 1. The van der Waals surface area contributed by atoms with Gasteiger partial charge in [-0.15, -0.1) is 0 Å². The molecule has 0 aromatic heterocycles. The monoisotopic (exact) mass is 367 g/mol. The van der Waals surface area contributed by atoms with Gasteiger partial charge < -0.3 is 10.2 Å². The second kappa shape index (κ2) is 7.97. The van der Waals surface area contributed by atoms with Crippen molar-refractivity contribution < 1.29 is 18.0 Å². The molecule has 0 aliphatic carbocycles. The summed E-state index contributed by atoms with van der Waals surface area (Å²) < 4.78 is 25.5. The van der Waals surface area contributed by atoms with Gasteiger partial charge in [0.15, 0.2) is 0 Å². The molecule has 0 saturated carbocycles. The first kappa shape index (κ1) is 19.4. The van der Waals surface area contributed by atoms with E-state index in [1.54, 1.807) is 13.0 Å². The Hall–Kier alpha value is -1.93. The van der Waals surface area contributed by atoms with Crippen molar-refractivity contribution in [3.8, 4) is 0 Å². The number of carbonyl (C=O) groups excluding carboxylic acids is 2. The van der Waals surface area contributed by atoms with E-state index in [4.69, 9.17) is 0 Å². The van der Waals surface area contributed by atoms with Gasteiger partial charge in [-0.05, 0) is 37.5 Å². The molecule has 0 bridgehead atoms. The topological polar surface area (TPSA) is 86.8 Å². The highest BCUT2D eigenvalue weighted by Crippen LogP contribution is 2.18. The molecule has 1 aliphatic rings. The number of rotatable bonds is 6. The van der Waals surface area contributed by atoms with Gasteiger partial charge in [-0.2, -0.15) is 0 Å². The van der Waals surface area contributed by atoms with Crippen molar-refractivity contribution in [2.45, 2.75) is 31.1 Å². The summed E-state index contributed by atoms with van der Waals surface area (Å²) in [6.07, 6.45) is 2.31. The number of carbonyl (C=O) groups is 2. The van der Waals surface area contributed by atoms with Crippen LogP contribution in [0.1, 0.15) is 35.2 Å². The molecule has 1 N–H and O–H groups in total. The standard InChI is InChI=1S/C17H25N3O4S/c1-13-6-7-14(25(23,24)19(2)3)12-15(13)17(22)18-9-8-16(21)20-10-4-5-11-20/h6-7,12H,4-5,8-11H2,1-3H3,(H,18,22). The molecule has 138 valence electrons. The van der Waals surface area contributed by atoms with E-state index in [-0.39, 0.29) is 29.7 Å². The molecule has 2 amide bonds. The van der Waals surface area contributed by atoms with E-state index in [0.717, 1.165) is 30.2 Å². The summed E-state index contributed by atoms with van der Waals surface area (Å²) in [4.78, 5) is 26.2. The second-order valence-electron chi connectivity index (χ2n) is 6.36. The van der Waals surface area contributed by atoms with E-state index in [1.165, 1.54) is 26.2 Å². The van der Waals surface area contributed by atoms with Crippen molar-refractivity contribution in [2.75, 3.05) is 33.7 Å². The molecule has 0 unspecified atom stereocenters. The van der Waals surface area contributed by atoms with Crippen molar-refractivity contribution >= 4 is 21.8 Å². The lowest BCUT2D eigenvalue weighted by Gasteiger charge is -2.16. The number of hydrogen-bond acceptors (Lipinski definition) is 4. The first-order chi connectivity index (χ1) is 11.7. The van der Waals surface area contributed by atoms with E-state index in [2.05, 4.69) is 5.32 Å². The molecule has 1 aliphatic heterocycles. The molecular weight excluding hydrogens is 342 g/mol. The van der Waals surface area contributed by atoms with Crippen molar-refractivity contribution in [3.05, 3.63) is 29.3 Å². The van der Waals surface area contributed by atoms with Gasteiger partial charge in [-0.3, -0.25) is 9.59 Å². The predicted molar refractivity (Wildman–Crippen MR) is 94.8 cm³/mol. The highest BCUT2D eigenvalue weighted by Gasteiger charge is 2.21. The van der Waals surface area contributed by atoms with Crippen molar-refractivity contribution in [2.24, 2.45) is 0 Å². The largest absolute Gasteiger partial charge is 0.352 e. The lowest BCUT2D eigenvalue weighted by Crippen LogP contribution is -2.33. The molecule has 1 aromatic rings. The number of likely N-dealkylation sites (tertiary alicyclic amines) is 1. The molecule has 7 nitrogen and oxygen atoms in total. The first-order valence-electron chi connectivity index (χ1n) is 8.32. The molecule has 2 rings (SSSR count). The van der Waals surface area contributed by atoms with Gasteiger partial charge in [0.2, 0.25) is 15.9 Å². The zero-order valence-corrected chi connectivity index (χ0v) is 15.7. The van der Waals surface area contributed by atoms with Gasteiger partial charge in [0.1, 0.15) is 0 Å². The Bertz CT molecular complexity index is 753. The fraction of sp³-hybridized carbons (Fsp3) is 0.529. The van der Waals surface area contributed by atoms with Crippen LogP contribution in [0.25, 0.3) is 0 Å². The Morgan fingerprint density at radius 2 is 1.84 bits per heavy atom. The fourth-order valence-electron chi connectivity index (χ4n) is 2.72. The summed E-state index contributed by atoms with van der Waals surface area (Å²) in [7, 11) is -0.715. The normalized spacial score (nSPS) is 14.8. The zero-order valence-electron chi connectivity index (χ0n) is 14.9. The Morgan fingerprint density at radius 3 is 2.44 bits per heavy atom. The predicted octanol–water partition coefficient (Wildman–Crippen LogP) is 0.988. The van der Waals surface area contributed by atoms with Gasteiger partial charge in [-0.25, -0.2) is 12.7 Å². The molecule has 8 heteroatoms. The van der Waals surface area contributed by atoms with Gasteiger partial charge in [0, 0.05) is 45.7 Å². The molecule has 0 spiro atoms. The third-order valence-corrected chi connectivity index (χ3v) is 6.13. The fourth-order valence-corrected chi connectivity index (χ4v) is 3.65. The Morgan fingerprint density at radius 1 is 1.20 bits per heavy atom. The molecular formula is C17H25N3O4S. The molecule has 1 aromatic carbocycles. The van der Waals surface area contributed by atoms with E-state index in [9.17, 15) is 18.0 Å². The Labute approximate surface area is 149 Å². The minimum Gasteiger partial charge on any atom is -0.352 e. The summed E-state index contributed by atoms with van der Waals surface area (Å²) in [6.45, 7) is 3.56. The highest BCUT2D eigenvalue weighted by atomic mass is 32.2. The van der Waals surface area contributed by atoms with Crippen LogP contribution < -0.4 is 5.32 Å². The first-order valence-corrected chi connectivity index (χ1v) is 9.76. The molecule has 1 fully saturated rings. The third kappa shape index (κ3) is 4.58. The second-order valence-corrected chi connectivity index (χ2v) is 8.51. The van der Waals surface area contributed by atoms with Crippen LogP contribution in [0.2, 0.25) is 0 Å². The molecule has 1 saturated heterocycles. The van der Waals surface area contributed by atoms with Gasteiger partial charge in [-0.1, -0.05) is 6.07 Å². The van der Waals surface area contributed by atoms with Crippen molar-refractivity contribution in [1.29, 1.82) is 0 Å². The molecule has 1 heterocycles. The van der Waals surface area contributed by atoms with E-state index in [0.29, 0.717) is 11.1 Å². The van der Waals surface area contributed by atoms with Gasteiger partial charge >= 0.3 is 0 Å². The number of nitrogens with one attached hydrogen (secondary N) is 1. The van der Waals surface area contributed by atoms with Crippen LogP contribution in [0, 0.1) is 6.92 Å². The van der Waals surface area contributed by atoms with Crippen LogP contribution >= 0.6 is 0 Å². The van der Waals surface area contributed by atoms with Crippen molar-refractivity contribution in [1.82, 2.24) is 14.5 Å². The van der Waals surface area contributed by atoms with E-state index in [1.807, 2.05) is 4.90 Å². The van der Waals surface area contributed by atoms with Crippen LogP contribution in [0.5, 0.6) is 0 Å². The number of nitrogens with zero attached hydrogens (tertiary/aromatic N) is 2. The average Bonchev–Trinajstić information content (AvgIpc) is 3.09. The SMILES string of the molecule is Cc1ccc(S(=O)(=O)N(C)C)cc1C(=O)NCCC(=O)N1CCCC1. The minimum absolute atomic E-state index is 0.0402. The summed E-state index contributed by atoms with van der Waals surface area (Å²) in [5, 5.41) is 2.71. The molecule has 0 atom stereocenters. The van der Waals surface area contributed by atoms with Crippen LogP contribution in [0.15, 0.2) is 23.1 Å². The Kier molecular flexibility index (Phi) is 6.18. The zero-order chi connectivity index (χ0) is 18.6. The summed E-state index contributed by atoms with van der Waals surface area (Å²) >= 11 is 0. The van der Waals surface area contributed by atoms with Crippen LogP contribution in [-0.2, 0) is 14.8 Å². The number of amides is 2. The van der Waals surface area contributed by atoms with Gasteiger partial charge in [0.05, 0.1) is 4.90 Å². The smallest absolute Gasteiger partial charge is 0.251 e. The van der Waals surface area contributed by atoms with Crippen molar-refractivity contribution in [3.63, 3.8) is 0 Å². The van der Waals surface area contributed by atoms with Crippen LogP contribution in [0.3, 0.4) is 0 Å². The lowest BCUT2D eigenvalue weighted by molar-refractivity contribution is -0.129. The van der Waals surface area contributed by atoms with E-state index >= 15 is 0 Å². The summed E-state index contributed by atoms with van der Waals surface area (Å²) in [6, 6.07) is 4.47. The maximum absolute atomic E-state index is 12.4.